The molecule has 1 heterocycles. The molecule has 2 aromatic rings. The third-order valence-electron chi connectivity index (χ3n) is 4.46. The zero-order valence-electron chi connectivity index (χ0n) is 12.8. The lowest BCUT2D eigenvalue weighted by atomic mass is 9.92. The number of nitrogens with one attached hydrogen (secondary N) is 1. The maximum absolute atomic E-state index is 13.5. The van der Waals surface area contributed by atoms with Gasteiger partial charge < -0.3 is 10.2 Å². The number of hydrogen-bond donors (Lipinski definition) is 2. The van der Waals surface area contributed by atoms with Crippen molar-refractivity contribution in [3.63, 3.8) is 0 Å². The Balaban J connectivity index is 2.09. The first kappa shape index (κ1) is 16.0. The summed E-state index contributed by atoms with van der Waals surface area (Å²) in [4.78, 5) is 1.20. The normalized spacial score (nSPS) is 17.9. The molecule has 3 N–H and O–H groups in total. The Morgan fingerprint density at radius 3 is 2.13 bits per heavy atom. The minimum atomic E-state index is -4.33. The largest absolute Gasteiger partial charge is 0.416 e. The second-order valence-electron chi connectivity index (χ2n) is 5.95. The van der Waals surface area contributed by atoms with E-state index in [4.69, 9.17) is 0 Å². The average Bonchev–Trinajstić information content (AvgIpc) is 2.57. The maximum atomic E-state index is 13.5. The van der Waals surface area contributed by atoms with E-state index in [9.17, 15) is 13.2 Å². The molecule has 122 valence electrons. The Kier molecular flexibility index (Phi) is 4.68. The van der Waals surface area contributed by atoms with Crippen LogP contribution in [0.25, 0.3) is 0 Å². The van der Waals surface area contributed by atoms with E-state index in [1.807, 2.05) is 30.3 Å². The molecule has 5 heteroatoms. The van der Waals surface area contributed by atoms with Crippen molar-refractivity contribution in [2.75, 3.05) is 26.2 Å². The lowest BCUT2D eigenvalue weighted by molar-refractivity contribution is -0.967. The molecule has 1 aliphatic heterocycles. The van der Waals surface area contributed by atoms with Gasteiger partial charge in [-0.3, -0.25) is 0 Å². The summed E-state index contributed by atoms with van der Waals surface area (Å²) < 4.78 is 40.4. The number of benzene rings is 2. The van der Waals surface area contributed by atoms with Crippen LogP contribution in [-0.2, 0) is 6.18 Å². The Bertz CT molecular complexity index is 634. The van der Waals surface area contributed by atoms with E-state index in [0.717, 1.165) is 31.7 Å². The molecule has 0 aromatic heterocycles. The molecule has 0 aliphatic carbocycles. The van der Waals surface area contributed by atoms with E-state index in [2.05, 4.69) is 5.32 Å². The minimum absolute atomic E-state index is 0.275. The second-order valence-corrected chi connectivity index (χ2v) is 5.95. The van der Waals surface area contributed by atoms with Crippen LogP contribution in [-0.4, -0.2) is 26.2 Å². The summed E-state index contributed by atoms with van der Waals surface area (Å²) in [5.41, 5.74) is 0.806. The summed E-state index contributed by atoms with van der Waals surface area (Å²) in [5, 5.41) is 2.22. The number of nitrogens with two attached hydrogens (primary N) is 1. The van der Waals surface area contributed by atoms with Crippen LogP contribution in [0.4, 0.5) is 13.2 Å². The van der Waals surface area contributed by atoms with Crippen molar-refractivity contribution in [1.82, 2.24) is 0 Å². The molecule has 1 atom stereocenters. The SMILES string of the molecule is FC(F)(F)c1ccccc1[C@H](c1ccccc1)[NH+]1CC[NH2+]CC1. The first-order chi connectivity index (χ1) is 11.1. The standard InChI is InChI=1S/C18H19F3N2/c19-18(20,21)16-9-5-4-8-15(16)17(14-6-2-1-3-7-14)23-12-10-22-11-13-23/h1-9,17,22H,10-13H2/p+2/t17-/m0/s1. The Morgan fingerprint density at radius 1 is 0.870 bits per heavy atom. The summed E-state index contributed by atoms with van der Waals surface area (Å²) in [6, 6.07) is 15.3. The van der Waals surface area contributed by atoms with E-state index in [0.29, 0.717) is 5.56 Å². The zero-order valence-corrected chi connectivity index (χ0v) is 12.8. The number of halogens is 3. The predicted molar refractivity (Wildman–Crippen MR) is 82.1 cm³/mol. The molecule has 0 bridgehead atoms. The van der Waals surface area contributed by atoms with Crippen LogP contribution < -0.4 is 10.2 Å². The predicted octanol–water partition coefficient (Wildman–Crippen LogP) is 1.26. The van der Waals surface area contributed by atoms with Crippen molar-refractivity contribution in [2.45, 2.75) is 12.2 Å². The first-order valence-electron chi connectivity index (χ1n) is 7.94. The van der Waals surface area contributed by atoms with Gasteiger partial charge in [0.2, 0.25) is 0 Å². The minimum Gasteiger partial charge on any atom is -0.337 e. The molecular weight excluding hydrogens is 301 g/mol. The second kappa shape index (κ2) is 6.72. The molecule has 2 aromatic carbocycles. The molecule has 3 rings (SSSR count). The van der Waals surface area contributed by atoms with Gasteiger partial charge in [0.1, 0.15) is 32.2 Å². The quantitative estimate of drug-likeness (QED) is 0.849. The molecule has 1 aliphatic rings. The average molecular weight is 322 g/mol. The zero-order chi connectivity index (χ0) is 16.3. The Morgan fingerprint density at radius 2 is 1.48 bits per heavy atom. The molecule has 0 spiro atoms. The van der Waals surface area contributed by atoms with Crippen molar-refractivity contribution < 1.29 is 23.4 Å². The van der Waals surface area contributed by atoms with Gasteiger partial charge in [-0.2, -0.15) is 13.2 Å². The van der Waals surface area contributed by atoms with Gasteiger partial charge in [-0.1, -0.05) is 48.5 Å². The van der Waals surface area contributed by atoms with E-state index in [1.54, 1.807) is 12.1 Å². The highest BCUT2D eigenvalue weighted by molar-refractivity contribution is 5.37. The Hall–Kier alpha value is -1.85. The van der Waals surface area contributed by atoms with Crippen molar-refractivity contribution in [2.24, 2.45) is 0 Å². The summed E-state index contributed by atoms with van der Waals surface area (Å²) in [5.74, 6) is 0. The van der Waals surface area contributed by atoms with Crippen molar-refractivity contribution in [3.8, 4) is 0 Å². The molecule has 0 unspecified atom stereocenters. The fourth-order valence-electron chi connectivity index (χ4n) is 3.42. The third-order valence-corrected chi connectivity index (χ3v) is 4.46. The smallest absolute Gasteiger partial charge is 0.337 e. The van der Waals surface area contributed by atoms with Crippen LogP contribution in [0.3, 0.4) is 0 Å². The van der Waals surface area contributed by atoms with Crippen LogP contribution in [0.2, 0.25) is 0 Å². The number of rotatable bonds is 3. The van der Waals surface area contributed by atoms with Gasteiger partial charge in [-0.05, 0) is 6.07 Å². The van der Waals surface area contributed by atoms with Crippen LogP contribution in [0.15, 0.2) is 54.6 Å². The Labute approximate surface area is 133 Å². The van der Waals surface area contributed by atoms with Gasteiger partial charge in [-0.25, -0.2) is 0 Å². The number of quaternary nitrogens is 2. The van der Waals surface area contributed by atoms with Crippen LogP contribution in [0.1, 0.15) is 22.7 Å². The summed E-state index contributed by atoms with van der Waals surface area (Å²) in [7, 11) is 0. The highest BCUT2D eigenvalue weighted by atomic mass is 19.4. The van der Waals surface area contributed by atoms with Crippen molar-refractivity contribution in [1.29, 1.82) is 0 Å². The summed E-state index contributed by atoms with van der Waals surface area (Å²) in [6.45, 7) is 3.64. The van der Waals surface area contributed by atoms with Gasteiger partial charge in [-0.15, -0.1) is 0 Å². The fourth-order valence-corrected chi connectivity index (χ4v) is 3.42. The van der Waals surface area contributed by atoms with Crippen molar-refractivity contribution >= 4 is 0 Å². The van der Waals surface area contributed by atoms with Crippen LogP contribution in [0.5, 0.6) is 0 Å². The molecule has 1 fully saturated rings. The molecule has 0 saturated carbocycles. The van der Waals surface area contributed by atoms with E-state index in [-0.39, 0.29) is 6.04 Å². The van der Waals surface area contributed by atoms with E-state index >= 15 is 0 Å². The molecule has 0 amide bonds. The number of alkyl halides is 3. The van der Waals surface area contributed by atoms with Crippen molar-refractivity contribution in [3.05, 3.63) is 71.3 Å². The molecule has 0 radical (unpaired) electrons. The third kappa shape index (κ3) is 3.57. The van der Waals surface area contributed by atoms with Gasteiger partial charge in [0.05, 0.1) is 5.56 Å². The van der Waals surface area contributed by atoms with E-state index < -0.39 is 11.7 Å². The maximum Gasteiger partial charge on any atom is 0.416 e. The van der Waals surface area contributed by atoms with Gasteiger partial charge >= 0.3 is 6.18 Å². The first-order valence-corrected chi connectivity index (χ1v) is 7.94. The van der Waals surface area contributed by atoms with Crippen LogP contribution in [0, 0.1) is 0 Å². The van der Waals surface area contributed by atoms with Gasteiger partial charge in [0, 0.05) is 11.1 Å². The highest BCUT2D eigenvalue weighted by Gasteiger charge is 2.39. The van der Waals surface area contributed by atoms with Gasteiger partial charge in [0.15, 0.2) is 0 Å². The summed E-state index contributed by atoms with van der Waals surface area (Å²) in [6.07, 6.45) is -4.33. The highest BCUT2D eigenvalue weighted by Crippen LogP contribution is 2.35. The molecule has 23 heavy (non-hydrogen) atoms. The number of piperazine rings is 1. The molecule has 2 nitrogen and oxygen atoms in total. The van der Waals surface area contributed by atoms with Crippen LogP contribution >= 0.6 is 0 Å². The van der Waals surface area contributed by atoms with Gasteiger partial charge in [0.25, 0.3) is 0 Å². The molecule has 1 saturated heterocycles. The molecular formula is C18H21F3N2+2. The lowest BCUT2D eigenvalue weighted by Crippen LogP contribution is -3.20. The number of hydrogen-bond acceptors (Lipinski definition) is 0. The fraction of sp³-hybridized carbons (Fsp3) is 0.333. The summed E-state index contributed by atoms with van der Waals surface area (Å²) >= 11 is 0. The van der Waals surface area contributed by atoms with E-state index in [1.165, 1.54) is 17.0 Å². The lowest BCUT2D eigenvalue weighted by Gasteiger charge is -2.32. The monoisotopic (exact) mass is 322 g/mol. The topological polar surface area (TPSA) is 21.1 Å².